The van der Waals surface area contributed by atoms with Crippen LogP contribution in [0.15, 0.2) is 36.4 Å². The lowest BCUT2D eigenvalue weighted by Gasteiger charge is -2.10. The Morgan fingerprint density at radius 1 is 1.21 bits per heavy atom. The highest BCUT2D eigenvalue weighted by Gasteiger charge is 2.14. The molecule has 1 amide bonds. The van der Waals surface area contributed by atoms with Crippen LogP contribution in [0.5, 0.6) is 5.75 Å². The Hall–Kier alpha value is -2.43. The standard InChI is InChI=1S/C14H11F2NO2/c1-8-12(3-2-4-13(8)18)17-14(19)10-6-5-9(15)7-11(10)16/h2-7,18H,1H3,(H,17,19). The van der Waals surface area contributed by atoms with Gasteiger partial charge in [-0.2, -0.15) is 0 Å². The molecule has 2 aromatic carbocycles. The Bertz CT molecular complexity index is 641. The van der Waals surface area contributed by atoms with E-state index in [-0.39, 0.29) is 11.3 Å². The minimum atomic E-state index is -0.935. The number of hydrogen-bond acceptors (Lipinski definition) is 2. The van der Waals surface area contributed by atoms with Crippen molar-refractivity contribution < 1.29 is 18.7 Å². The summed E-state index contributed by atoms with van der Waals surface area (Å²) in [6.07, 6.45) is 0. The van der Waals surface area contributed by atoms with Gasteiger partial charge >= 0.3 is 0 Å². The lowest BCUT2D eigenvalue weighted by atomic mass is 10.1. The second-order valence-corrected chi connectivity index (χ2v) is 4.03. The number of carbonyl (C=O) groups is 1. The van der Waals surface area contributed by atoms with Gasteiger partial charge in [0, 0.05) is 17.3 Å². The molecule has 2 N–H and O–H groups in total. The zero-order valence-corrected chi connectivity index (χ0v) is 10.1. The average Bonchev–Trinajstić information content (AvgIpc) is 2.34. The maximum absolute atomic E-state index is 13.4. The third-order valence-electron chi connectivity index (χ3n) is 2.73. The molecule has 0 heterocycles. The molecule has 2 rings (SSSR count). The van der Waals surface area contributed by atoms with E-state index in [1.807, 2.05) is 0 Å². The van der Waals surface area contributed by atoms with Crippen LogP contribution in [-0.2, 0) is 0 Å². The highest BCUT2D eigenvalue weighted by atomic mass is 19.1. The van der Waals surface area contributed by atoms with E-state index >= 15 is 0 Å². The van der Waals surface area contributed by atoms with Crippen molar-refractivity contribution in [2.75, 3.05) is 5.32 Å². The van der Waals surface area contributed by atoms with E-state index in [2.05, 4.69) is 5.32 Å². The molecule has 0 radical (unpaired) electrons. The van der Waals surface area contributed by atoms with Crippen molar-refractivity contribution >= 4 is 11.6 Å². The number of phenols is 1. The van der Waals surface area contributed by atoms with E-state index < -0.39 is 17.5 Å². The minimum Gasteiger partial charge on any atom is -0.508 e. The molecule has 0 saturated carbocycles. The van der Waals surface area contributed by atoms with Crippen LogP contribution in [0, 0.1) is 18.6 Å². The van der Waals surface area contributed by atoms with Gasteiger partial charge in [0.15, 0.2) is 0 Å². The molecule has 0 aliphatic rings. The third kappa shape index (κ3) is 2.70. The smallest absolute Gasteiger partial charge is 0.258 e. The van der Waals surface area contributed by atoms with Crippen LogP contribution in [0.2, 0.25) is 0 Å². The summed E-state index contributed by atoms with van der Waals surface area (Å²) in [4.78, 5) is 11.9. The molecule has 0 atom stereocenters. The fourth-order valence-electron chi connectivity index (χ4n) is 1.62. The maximum atomic E-state index is 13.4. The zero-order chi connectivity index (χ0) is 14.0. The van der Waals surface area contributed by atoms with Crippen molar-refractivity contribution in [3.05, 3.63) is 59.2 Å². The Kier molecular flexibility index (Phi) is 3.46. The van der Waals surface area contributed by atoms with Gasteiger partial charge < -0.3 is 10.4 Å². The number of benzene rings is 2. The molecule has 0 aromatic heterocycles. The average molecular weight is 263 g/mol. The van der Waals surface area contributed by atoms with Crippen LogP contribution < -0.4 is 5.32 Å². The van der Waals surface area contributed by atoms with Crippen LogP contribution in [0.25, 0.3) is 0 Å². The Labute approximate surface area is 108 Å². The Balaban J connectivity index is 2.28. The quantitative estimate of drug-likeness (QED) is 0.873. The first-order valence-corrected chi connectivity index (χ1v) is 5.54. The molecule has 0 spiro atoms. The van der Waals surface area contributed by atoms with Gasteiger partial charge in [-0.25, -0.2) is 8.78 Å². The van der Waals surface area contributed by atoms with Gasteiger partial charge in [0.25, 0.3) is 5.91 Å². The van der Waals surface area contributed by atoms with Crippen LogP contribution >= 0.6 is 0 Å². The summed E-state index contributed by atoms with van der Waals surface area (Å²) in [7, 11) is 0. The fourth-order valence-corrected chi connectivity index (χ4v) is 1.62. The lowest BCUT2D eigenvalue weighted by molar-refractivity contribution is 0.102. The number of aromatic hydroxyl groups is 1. The number of rotatable bonds is 2. The van der Waals surface area contributed by atoms with Gasteiger partial charge in [-0.1, -0.05) is 6.07 Å². The van der Waals surface area contributed by atoms with Gasteiger partial charge in [-0.05, 0) is 31.2 Å². The number of carbonyl (C=O) groups excluding carboxylic acids is 1. The molecule has 0 unspecified atom stereocenters. The summed E-state index contributed by atoms with van der Waals surface area (Å²) in [6, 6.07) is 7.33. The summed E-state index contributed by atoms with van der Waals surface area (Å²) in [5.74, 6) is -2.36. The van der Waals surface area contributed by atoms with Crippen LogP contribution in [0.3, 0.4) is 0 Å². The first-order valence-electron chi connectivity index (χ1n) is 5.54. The van der Waals surface area contributed by atoms with Gasteiger partial charge in [0.2, 0.25) is 0 Å². The molecule has 0 aliphatic heterocycles. The maximum Gasteiger partial charge on any atom is 0.258 e. The highest BCUT2D eigenvalue weighted by Crippen LogP contribution is 2.24. The summed E-state index contributed by atoms with van der Waals surface area (Å²) < 4.78 is 26.2. The normalized spacial score (nSPS) is 10.3. The van der Waals surface area contributed by atoms with Gasteiger partial charge in [-0.15, -0.1) is 0 Å². The largest absolute Gasteiger partial charge is 0.508 e. The van der Waals surface area contributed by atoms with Crippen LogP contribution in [0.1, 0.15) is 15.9 Å². The molecule has 98 valence electrons. The van der Waals surface area contributed by atoms with Crippen molar-refractivity contribution in [1.82, 2.24) is 0 Å². The third-order valence-corrected chi connectivity index (χ3v) is 2.73. The monoisotopic (exact) mass is 263 g/mol. The number of nitrogens with one attached hydrogen (secondary N) is 1. The fraction of sp³-hybridized carbons (Fsp3) is 0.0714. The summed E-state index contributed by atoms with van der Waals surface area (Å²) >= 11 is 0. The van der Waals surface area contributed by atoms with Gasteiger partial charge in [-0.3, -0.25) is 4.79 Å². The zero-order valence-electron chi connectivity index (χ0n) is 10.1. The van der Waals surface area contributed by atoms with Gasteiger partial charge in [0.05, 0.1) is 5.56 Å². The molecule has 0 fully saturated rings. The first-order chi connectivity index (χ1) is 8.99. The van der Waals surface area contributed by atoms with Crippen molar-refractivity contribution in [1.29, 1.82) is 0 Å². The second kappa shape index (κ2) is 5.06. The van der Waals surface area contributed by atoms with E-state index in [1.165, 1.54) is 6.07 Å². The lowest BCUT2D eigenvalue weighted by Crippen LogP contribution is -2.14. The molecular formula is C14H11F2NO2. The molecule has 5 heteroatoms. The topological polar surface area (TPSA) is 49.3 Å². The molecule has 0 saturated heterocycles. The molecule has 2 aromatic rings. The van der Waals surface area contributed by atoms with Crippen LogP contribution in [-0.4, -0.2) is 11.0 Å². The number of hydrogen-bond donors (Lipinski definition) is 2. The number of halogens is 2. The van der Waals surface area contributed by atoms with E-state index in [4.69, 9.17) is 0 Å². The predicted octanol–water partition coefficient (Wildman–Crippen LogP) is 3.23. The van der Waals surface area contributed by atoms with Crippen molar-refractivity contribution in [2.24, 2.45) is 0 Å². The van der Waals surface area contributed by atoms with Crippen molar-refractivity contribution in [2.45, 2.75) is 6.92 Å². The second-order valence-electron chi connectivity index (χ2n) is 4.03. The summed E-state index contributed by atoms with van der Waals surface area (Å²) in [6.45, 7) is 1.62. The molecule has 3 nitrogen and oxygen atoms in total. The van der Waals surface area contributed by atoms with E-state index in [0.29, 0.717) is 17.3 Å². The summed E-state index contributed by atoms with van der Waals surface area (Å²) in [5, 5.41) is 12.0. The minimum absolute atomic E-state index is 0.0254. The van der Waals surface area contributed by atoms with E-state index in [1.54, 1.807) is 19.1 Å². The van der Waals surface area contributed by atoms with Crippen molar-refractivity contribution in [3.8, 4) is 5.75 Å². The Morgan fingerprint density at radius 3 is 2.63 bits per heavy atom. The van der Waals surface area contributed by atoms with Gasteiger partial charge in [0.1, 0.15) is 17.4 Å². The number of anilines is 1. The Morgan fingerprint density at radius 2 is 1.95 bits per heavy atom. The molecular weight excluding hydrogens is 252 g/mol. The first kappa shape index (κ1) is 13.0. The van der Waals surface area contributed by atoms with Crippen LogP contribution in [0.4, 0.5) is 14.5 Å². The molecule has 0 aliphatic carbocycles. The number of phenolic OH excluding ortho intramolecular Hbond substituents is 1. The summed E-state index contributed by atoms with van der Waals surface area (Å²) in [5.41, 5.74) is 0.580. The van der Waals surface area contributed by atoms with E-state index in [9.17, 15) is 18.7 Å². The SMILES string of the molecule is Cc1c(O)cccc1NC(=O)c1ccc(F)cc1F. The molecule has 0 bridgehead atoms. The predicted molar refractivity (Wildman–Crippen MR) is 67.2 cm³/mol. The van der Waals surface area contributed by atoms with E-state index in [0.717, 1.165) is 12.1 Å². The number of amides is 1. The van der Waals surface area contributed by atoms with Crippen molar-refractivity contribution in [3.63, 3.8) is 0 Å². The molecule has 19 heavy (non-hydrogen) atoms. The highest BCUT2D eigenvalue weighted by molar-refractivity contribution is 6.04.